The van der Waals surface area contributed by atoms with Crippen LogP contribution in [0.2, 0.25) is 0 Å². The van der Waals surface area contributed by atoms with E-state index in [1.54, 1.807) is 11.0 Å². The molecule has 0 aromatic heterocycles. The second-order valence-electron chi connectivity index (χ2n) is 4.11. The number of likely N-dealkylation sites (tertiary alicyclic amines) is 1. The smallest absolute Gasteiger partial charge is 0.318 e. The summed E-state index contributed by atoms with van der Waals surface area (Å²) in [5.41, 5.74) is -1.22. The van der Waals surface area contributed by atoms with Gasteiger partial charge in [0.25, 0.3) is 0 Å². The molecule has 1 unspecified atom stereocenters. The van der Waals surface area contributed by atoms with Gasteiger partial charge in [0.15, 0.2) is 0 Å². The molecule has 4 heteroatoms. The minimum absolute atomic E-state index is 0.261. The van der Waals surface area contributed by atoms with Crippen LogP contribution in [0.1, 0.15) is 26.2 Å². The monoisotopic (exact) mass is 211 g/mol. The molecule has 1 amide bonds. The normalized spacial score (nSPS) is 26.5. The Morgan fingerprint density at radius 2 is 2.40 bits per heavy atom. The standard InChI is InChI=1S/C11H17NO3/c1-3-4-7-12-8-5-6-11(2,9(12)13)10(14)15/h3H,1,4-8H2,2H3,(H,14,15). The van der Waals surface area contributed by atoms with Gasteiger partial charge in [-0.1, -0.05) is 6.08 Å². The second kappa shape index (κ2) is 4.47. The van der Waals surface area contributed by atoms with Gasteiger partial charge in [0.05, 0.1) is 0 Å². The molecule has 1 saturated heterocycles. The Balaban J connectivity index is 2.75. The molecule has 0 bridgehead atoms. The summed E-state index contributed by atoms with van der Waals surface area (Å²) < 4.78 is 0. The van der Waals surface area contributed by atoms with Crippen molar-refractivity contribution >= 4 is 11.9 Å². The number of carboxylic acid groups (broad SMARTS) is 1. The number of hydrogen-bond donors (Lipinski definition) is 1. The summed E-state index contributed by atoms with van der Waals surface area (Å²) in [7, 11) is 0. The van der Waals surface area contributed by atoms with Crippen LogP contribution in [0, 0.1) is 5.41 Å². The lowest BCUT2D eigenvalue weighted by Gasteiger charge is -2.36. The molecule has 0 aromatic rings. The van der Waals surface area contributed by atoms with Crippen LogP contribution in [0.25, 0.3) is 0 Å². The zero-order chi connectivity index (χ0) is 11.5. The highest BCUT2D eigenvalue weighted by atomic mass is 16.4. The largest absolute Gasteiger partial charge is 0.480 e. The quantitative estimate of drug-likeness (QED) is 0.563. The highest BCUT2D eigenvalue weighted by Gasteiger charge is 2.45. The van der Waals surface area contributed by atoms with E-state index in [4.69, 9.17) is 5.11 Å². The fourth-order valence-corrected chi connectivity index (χ4v) is 1.84. The van der Waals surface area contributed by atoms with E-state index < -0.39 is 11.4 Å². The average Bonchev–Trinajstić information content (AvgIpc) is 2.20. The van der Waals surface area contributed by atoms with E-state index >= 15 is 0 Å². The van der Waals surface area contributed by atoms with Crippen LogP contribution < -0.4 is 0 Å². The molecule has 1 atom stereocenters. The highest BCUT2D eigenvalue weighted by Crippen LogP contribution is 2.31. The molecule has 0 radical (unpaired) electrons. The van der Waals surface area contributed by atoms with E-state index in [1.165, 1.54) is 6.92 Å². The van der Waals surface area contributed by atoms with Crippen molar-refractivity contribution in [1.29, 1.82) is 0 Å². The van der Waals surface area contributed by atoms with Crippen molar-refractivity contribution in [3.63, 3.8) is 0 Å². The molecule has 1 fully saturated rings. The predicted octanol–water partition coefficient (Wildman–Crippen LogP) is 1.28. The third-order valence-electron chi connectivity index (χ3n) is 2.94. The molecular weight excluding hydrogens is 194 g/mol. The fraction of sp³-hybridized carbons (Fsp3) is 0.636. The van der Waals surface area contributed by atoms with Crippen molar-refractivity contribution in [3.05, 3.63) is 12.7 Å². The van der Waals surface area contributed by atoms with Crippen LogP contribution >= 0.6 is 0 Å². The Bertz CT molecular complexity index is 288. The number of nitrogens with zero attached hydrogens (tertiary/aromatic N) is 1. The summed E-state index contributed by atoms with van der Waals surface area (Å²) in [6.45, 7) is 6.34. The summed E-state index contributed by atoms with van der Waals surface area (Å²) in [6, 6.07) is 0. The zero-order valence-electron chi connectivity index (χ0n) is 9.03. The molecule has 84 valence electrons. The maximum atomic E-state index is 11.9. The van der Waals surface area contributed by atoms with E-state index in [1.807, 2.05) is 0 Å². The van der Waals surface area contributed by atoms with Crippen LogP contribution in [-0.2, 0) is 9.59 Å². The summed E-state index contributed by atoms with van der Waals surface area (Å²) in [6.07, 6.45) is 3.64. The first kappa shape index (κ1) is 11.8. The van der Waals surface area contributed by atoms with Crippen molar-refractivity contribution in [3.8, 4) is 0 Å². The Kier molecular flexibility index (Phi) is 3.50. The number of carbonyl (C=O) groups is 2. The Morgan fingerprint density at radius 1 is 1.73 bits per heavy atom. The topological polar surface area (TPSA) is 57.6 Å². The van der Waals surface area contributed by atoms with Gasteiger partial charge in [0.1, 0.15) is 5.41 Å². The molecule has 0 saturated carbocycles. The SMILES string of the molecule is C=CCCN1CCCC(C)(C(=O)O)C1=O. The molecule has 1 aliphatic rings. The summed E-state index contributed by atoms with van der Waals surface area (Å²) in [4.78, 5) is 24.6. The number of piperidine rings is 1. The second-order valence-corrected chi connectivity index (χ2v) is 4.11. The van der Waals surface area contributed by atoms with Crippen molar-refractivity contribution in [2.75, 3.05) is 13.1 Å². The molecule has 1 aliphatic heterocycles. The van der Waals surface area contributed by atoms with Gasteiger partial charge in [0, 0.05) is 13.1 Å². The lowest BCUT2D eigenvalue weighted by Crippen LogP contribution is -2.51. The maximum Gasteiger partial charge on any atom is 0.318 e. The lowest BCUT2D eigenvalue weighted by atomic mass is 9.81. The summed E-state index contributed by atoms with van der Waals surface area (Å²) in [5, 5.41) is 9.04. The van der Waals surface area contributed by atoms with E-state index in [0.29, 0.717) is 25.9 Å². The number of hydrogen-bond acceptors (Lipinski definition) is 2. The Hall–Kier alpha value is -1.32. The number of aliphatic carboxylic acids is 1. The molecule has 0 spiro atoms. The van der Waals surface area contributed by atoms with E-state index in [0.717, 1.165) is 6.42 Å². The van der Waals surface area contributed by atoms with Crippen LogP contribution in [-0.4, -0.2) is 35.0 Å². The maximum absolute atomic E-state index is 11.9. The number of carbonyl (C=O) groups excluding carboxylic acids is 1. The molecular formula is C11H17NO3. The summed E-state index contributed by atoms with van der Waals surface area (Å²) >= 11 is 0. The van der Waals surface area contributed by atoms with Gasteiger partial charge in [-0.05, 0) is 26.2 Å². The van der Waals surface area contributed by atoms with Gasteiger partial charge in [-0.2, -0.15) is 0 Å². The van der Waals surface area contributed by atoms with Crippen LogP contribution in [0.4, 0.5) is 0 Å². The number of rotatable bonds is 4. The molecule has 1 heterocycles. The van der Waals surface area contributed by atoms with Gasteiger partial charge in [-0.3, -0.25) is 9.59 Å². The molecule has 4 nitrogen and oxygen atoms in total. The first-order valence-electron chi connectivity index (χ1n) is 5.16. The van der Waals surface area contributed by atoms with Crippen LogP contribution in [0.5, 0.6) is 0 Å². The van der Waals surface area contributed by atoms with Gasteiger partial charge >= 0.3 is 5.97 Å². The van der Waals surface area contributed by atoms with E-state index in [9.17, 15) is 9.59 Å². The third-order valence-corrected chi connectivity index (χ3v) is 2.94. The Morgan fingerprint density at radius 3 is 2.93 bits per heavy atom. The highest BCUT2D eigenvalue weighted by molar-refractivity contribution is 6.01. The van der Waals surface area contributed by atoms with E-state index in [-0.39, 0.29) is 5.91 Å². The molecule has 15 heavy (non-hydrogen) atoms. The van der Waals surface area contributed by atoms with Crippen molar-refractivity contribution in [2.24, 2.45) is 5.41 Å². The molecule has 0 aromatic carbocycles. The minimum Gasteiger partial charge on any atom is -0.480 e. The lowest BCUT2D eigenvalue weighted by molar-refractivity contribution is -0.162. The van der Waals surface area contributed by atoms with Crippen molar-refractivity contribution in [2.45, 2.75) is 26.2 Å². The van der Waals surface area contributed by atoms with E-state index in [2.05, 4.69) is 6.58 Å². The molecule has 1 N–H and O–H groups in total. The van der Waals surface area contributed by atoms with Crippen LogP contribution in [0.15, 0.2) is 12.7 Å². The van der Waals surface area contributed by atoms with Crippen LogP contribution in [0.3, 0.4) is 0 Å². The third kappa shape index (κ3) is 2.19. The summed E-state index contributed by atoms with van der Waals surface area (Å²) in [5.74, 6) is -1.28. The fourth-order valence-electron chi connectivity index (χ4n) is 1.84. The minimum atomic E-state index is -1.22. The van der Waals surface area contributed by atoms with Gasteiger partial charge in [-0.15, -0.1) is 6.58 Å². The first-order valence-corrected chi connectivity index (χ1v) is 5.16. The molecule has 0 aliphatic carbocycles. The van der Waals surface area contributed by atoms with Gasteiger partial charge < -0.3 is 10.0 Å². The van der Waals surface area contributed by atoms with Crippen molar-refractivity contribution in [1.82, 2.24) is 4.90 Å². The Labute approximate surface area is 89.6 Å². The first-order chi connectivity index (χ1) is 7.02. The van der Waals surface area contributed by atoms with Crippen molar-refractivity contribution < 1.29 is 14.7 Å². The molecule has 1 rings (SSSR count). The number of carboxylic acids is 1. The van der Waals surface area contributed by atoms with Gasteiger partial charge in [0.2, 0.25) is 5.91 Å². The predicted molar refractivity (Wildman–Crippen MR) is 56.4 cm³/mol. The van der Waals surface area contributed by atoms with Gasteiger partial charge in [-0.25, -0.2) is 0 Å². The zero-order valence-corrected chi connectivity index (χ0v) is 9.03. The number of amides is 1. The average molecular weight is 211 g/mol.